The average Bonchev–Trinajstić information content (AvgIpc) is 3.18. The number of hydrogen-bond donors (Lipinski definition) is 0. The summed E-state index contributed by atoms with van der Waals surface area (Å²) in [4.78, 5) is 7.29. The summed E-state index contributed by atoms with van der Waals surface area (Å²) in [6, 6.07) is 0.629. The summed E-state index contributed by atoms with van der Waals surface area (Å²) in [6.45, 7) is 5.84. The predicted molar refractivity (Wildman–Crippen MR) is 94.5 cm³/mol. The van der Waals surface area contributed by atoms with Crippen molar-refractivity contribution in [3.05, 3.63) is 11.6 Å². The molecule has 4 rings (SSSR count). The Kier molecular flexibility index (Phi) is 4.85. The van der Waals surface area contributed by atoms with E-state index in [2.05, 4.69) is 15.0 Å². The van der Waals surface area contributed by atoms with Gasteiger partial charge in [0.15, 0.2) is 9.84 Å². The molecule has 0 amide bonds. The Balaban J connectivity index is 1.44. The van der Waals surface area contributed by atoms with Gasteiger partial charge in [0, 0.05) is 25.2 Å². The molecule has 7 nitrogen and oxygen atoms in total. The summed E-state index contributed by atoms with van der Waals surface area (Å²) in [5.41, 5.74) is 0. The molecule has 140 valence electrons. The van der Waals surface area contributed by atoms with E-state index in [4.69, 9.17) is 4.74 Å². The van der Waals surface area contributed by atoms with Gasteiger partial charge < -0.3 is 9.64 Å². The minimum Gasteiger partial charge on any atom is -0.381 e. The Labute approximate surface area is 149 Å². The van der Waals surface area contributed by atoms with Gasteiger partial charge >= 0.3 is 0 Å². The number of hydrogen-bond acceptors (Lipinski definition) is 6. The number of piperidine rings is 1. The molecule has 3 fully saturated rings. The van der Waals surface area contributed by atoms with E-state index in [1.54, 1.807) is 0 Å². The van der Waals surface area contributed by atoms with E-state index in [1.165, 1.54) is 0 Å². The summed E-state index contributed by atoms with van der Waals surface area (Å²) in [5.74, 6) is 2.64. The van der Waals surface area contributed by atoms with Gasteiger partial charge in [-0.25, -0.2) is 18.1 Å². The zero-order valence-electron chi connectivity index (χ0n) is 14.9. The van der Waals surface area contributed by atoms with Crippen molar-refractivity contribution in [2.75, 3.05) is 37.8 Å². The minimum absolute atomic E-state index is 0.0327. The van der Waals surface area contributed by atoms with Crippen molar-refractivity contribution < 1.29 is 13.2 Å². The second-order valence-corrected chi connectivity index (χ2v) is 9.90. The highest BCUT2D eigenvalue weighted by molar-refractivity contribution is 7.91. The average molecular weight is 369 g/mol. The fourth-order valence-corrected chi connectivity index (χ4v) is 6.23. The van der Waals surface area contributed by atoms with Crippen LogP contribution in [0.2, 0.25) is 0 Å². The van der Waals surface area contributed by atoms with Gasteiger partial charge in [-0.1, -0.05) is 0 Å². The quantitative estimate of drug-likeness (QED) is 0.800. The van der Waals surface area contributed by atoms with E-state index in [0.717, 1.165) is 63.6 Å². The number of rotatable bonds is 3. The molecule has 1 unspecified atom stereocenters. The van der Waals surface area contributed by atoms with Gasteiger partial charge in [-0.05, 0) is 52.1 Å². The van der Waals surface area contributed by atoms with Crippen LogP contribution in [0.15, 0.2) is 0 Å². The molecule has 1 atom stereocenters. The molecule has 0 spiro atoms. The molecule has 1 aromatic heterocycles. The first kappa shape index (κ1) is 17.4. The fourth-order valence-electron chi connectivity index (χ4n) is 4.53. The van der Waals surface area contributed by atoms with Crippen molar-refractivity contribution in [1.82, 2.24) is 19.7 Å². The lowest BCUT2D eigenvalue weighted by Gasteiger charge is -2.39. The second-order valence-electron chi connectivity index (χ2n) is 7.67. The van der Waals surface area contributed by atoms with Gasteiger partial charge in [-0.3, -0.25) is 0 Å². The number of ether oxygens (including phenoxy) is 1. The Morgan fingerprint density at radius 3 is 2.40 bits per heavy atom. The molecule has 1 aromatic rings. The second kappa shape index (κ2) is 6.96. The van der Waals surface area contributed by atoms with Crippen LogP contribution in [0, 0.1) is 6.92 Å². The largest absolute Gasteiger partial charge is 0.381 e. The lowest BCUT2D eigenvalue weighted by atomic mass is 9.93. The van der Waals surface area contributed by atoms with Crippen LogP contribution in [-0.4, -0.2) is 71.9 Å². The lowest BCUT2D eigenvalue weighted by molar-refractivity contribution is 0.0246. The van der Waals surface area contributed by atoms with Crippen LogP contribution in [0.1, 0.15) is 55.7 Å². The number of likely N-dealkylation sites (tertiary alicyclic amines) is 1. The highest BCUT2D eigenvalue weighted by Gasteiger charge is 2.35. The third-order valence-corrected chi connectivity index (χ3v) is 7.67. The molecule has 4 heterocycles. The van der Waals surface area contributed by atoms with E-state index >= 15 is 0 Å². The standard InChI is InChI=1S/C17H28N4O3S/c1-13-18-17(21(19-13)16-6-11-25(22,23)12-16)14-2-7-20(8-3-14)15-4-9-24-10-5-15/h14-16H,2-12H2,1H3. The molecule has 3 saturated heterocycles. The van der Waals surface area contributed by atoms with Crippen LogP contribution in [-0.2, 0) is 14.6 Å². The molecule has 8 heteroatoms. The van der Waals surface area contributed by atoms with Crippen LogP contribution in [0.3, 0.4) is 0 Å². The zero-order valence-corrected chi connectivity index (χ0v) is 15.7. The van der Waals surface area contributed by atoms with Crippen molar-refractivity contribution in [3.8, 4) is 0 Å². The van der Waals surface area contributed by atoms with Gasteiger partial charge in [-0.2, -0.15) is 5.10 Å². The van der Waals surface area contributed by atoms with E-state index in [9.17, 15) is 8.42 Å². The molecular formula is C17H28N4O3S. The van der Waals surface area contributed by atoms with Gasteiger partial charge in [0.05, 0.1) is 17.5 Å². The topological polar surface area (TPSA) is 77.3 Å². The van der Waals surface area contributed by atoms with Crippen LogP contribution in [0.25, 0.3) is 0 Å². The highest BCUT2D eigenvalue weighted by Crippen LogP contribution is 2.33. The first-order chi connectivity index (χ1) is 12.0. The number of aromatic nitrogens is 3. The first-order valence-electron chi connectivity index (χ1n) is 9.47. The minimum atomic E-state index is -2.91. The van der Waals surface area contributed by atoms with Gasteiger partial charge in [-0.15, -0.1) is 0 Å². The normalized spacial score (nSPS) is 29.2. The molecule has 0 N–H and O–H groups in total. The van der Waals surface area contributed by atoms with Gasteiger partial charge in [0.25, 0.3) is 0 Å². The van der Waals surface area contributed by atoms with E-state index < -0.39 is 9.84 Å². The Morgan fingerprint density at radius 1 is 1.04 bits per heavy atom. The third-order valence-electron chi connectivity index (χ3n) is 5.92. The van der Waals surface area contributed by atoms with Crippen molar-refractivity contribution in [2.24, 2.45) is 0 Å². The molecule has 25 heavy (non-hydrogen) atoms. The van der Waals surface area contributed by atoms with E-state index in [-0.39, 0.29) is 17.5 Å². The molecule has 3 aliphatic heterocycles. The summed E-state index contributed by atoms with van der Waals surface area (Å²) >= 11 is 0. The fraction of sp³-hybridized carbons (Fsp3) is 0.882. The zero-order chi connectivity index (χ0) is 17.4. The smallest absolute Gasteiger partial charge is 0.152 e. The van der Waals surface area contributed by atoms with Gasteiger partial charge in [0.2, 0.25) is 0 Å². The number of aryl methyl sites for hydroxylation is 1. The SMILES string of the molecule is Cc1nc(C2CCN(C3CCOCC3)CC2)n(C2CCS(=O)(=O)C2)n1. The highest BCUT2D eigenvalue weighted by atomic mass is 32.2. The van der Waals surface area contributed by atoms with Crippen molar-refractivity contribution >= 4 is 9.84 Å². The summed E-state index contributed by atoms with van der Waals surface area (Å²) in [5, 5.41) is 4.55. The Morgan fingerprint density at radius 2 is 1.76 bits per heavy atom. The monoisotopic (exact) mass is 368 g/mol. The molecule has 0 saturated carbocycles. The van der Waals surface area contributed by atoms with Gasteiger partial charge in [0.1, 0.15) is 11.6 Å². The number of nitrogens with zero attached hydrogens (tertiary/aromatic N) is 4. The van der Waals surface area contributed by atoms with Crippen molar-refractivity contribution in [3.63, 3.8) is 0 Å². The Hall–Kier alpha value is -0.990. The third kappa shape index (κ3) is 3.75. The Bertz CT molecular complexity index is 703. The van der Waals surface area contributed by atoms with Crippen molar-refractivity contribution in [2.45, 2.75) is 57.0 Å². The first-order valence-corrected chi connectivity index (χ1v) is 11.3. The lowest BCUT2D eigenvalue weighted by Crippen LogP contribution is -2.44. The molecule has 3 aliphatic rings. The molecular weight excluding hydrogens is 340 g/mol. The summed E-state index contributed by atoms with van der Waals surface area (Å²) in [7, 11) is -2.91. The number of sulfone groups is 1. The molecule has 0 aromatic carbocycles. The van der Waals surface area contributed by atoms with E-state index in [0.29, 0.717) is 18.4 Å². The molecule has 0 radical (unpaired) electrons. The molecule has 0 bridgehead atoms. The van der Waals surface area contributed by atoms with E-state index in [1.807, 2.05) is 11.6 Å². The maximum absolute atomic E-state index is 11.8. The maximum Gasteiger partial charge on any atom is 0.152 e. The summed E-state index contributed by atoms with van der Waals surface area (Å²) in [6.07, 6.45) is 5.10. The van der Waals surface area contributed by atoms with Crippen LogP contribution >= 0.6 is 0 Å². The van der Waals surface area contributed by atoms with Crippen LogP contribution < -0.4 is 0 Å². The van der Waals surface area contributed by atoms with Crippen molar-refractivity contribution in [1.29, 1.82) is 0 Å². The molecule has 0 aliphatic carbocycles. The predicted octanol–water partition coefficient (Wildman–Crippen LogP) is 1.30. The van der Waals surface area contributed by atoms with Crippen LogP contribution in [0.4, 0.5) is 0 Å². The summed E-state index contributed by atoms with van der Waals surface area (Å²) < 4.78 is 31.1. The van der Waals surface area contributed by atoms with Crippen LogP contribution in [0.5, 0.6) is 0 Å². The maximum atomic E-state index is 11.8.